The van der Waals surface area contributed by atoms with Crippen molar-refractivity contribution in [1.29, 1.82) is 0 Å². The van der Waals surface area contributed by atoms with Crippen molar-refractivity contribution in [3.8, 4) is 0 Å². The van der Waals surface area contributed by atoms with Crippen molar-refractivity contribution < 1.29 is 4.79 Å². The molecular formula is C18H24OS. The Hall–Kier alpha value is -1.28. The lowest BCUT2D eigenvalue weighted by atomic mass is 10.1. The van der Waals surface area contributed by atoms with E-state index in [1.807, 2.05) is 17.8 Å². The zero-order valence-corrected chi connectivity index (χ0v) is 13.1. The Balaban J connectivity index is 2.13. The molecule has 0 fully saturated rings. The minimum absolute atomic E-state index is 0.636. The van der Waals surface area contributed by atoms with Gasteiger partial charge >= 0.3 is 0 Å². The molecule has 0 atom stereocenters. The Labute approximate surface area is 127 Å². The van der Waals surface area contributed by atoms with Crippen LogP contribution in [0.3, 0.4) is 0 Å². The van der Waals surface area contributed by atoms with Gasteiger partial charge in [0, 0.05) is 17.1 Å². The summed E-state index contributed by atoms with van der Waals surface area (Å²) in [6.45, 7) is 6.24. The minimum atomic E-state index is 0.636. The van der Waals surface area contributed by atoms with Crippen molar-refractivity contribution >= 4 is 18.0 Å². The Morgan fingerprint density at radius 1 is 1.15 bits per heavy atom. The number of carbonyl (C=O) groups excluding carboxylic acids is 1. The number of hydrogen-bond acceptors (Lipinski definition) is 2. The van der Waals surface area contributed by atoms with Crippen molar-refractivity contribution in [1.82, 2.24) is 0 Å². The molecule has 0 radical (unpaired) electrons. The smallest absolute Gasteiger partial charge is 0.120 e. The van der Waals surface area contributed by atoms with Gasteiger partial charge in [-0.1, -0.05) is 42.0 Å². The molecule has 1 rings (SSSR count). The van der Waals surface area contributed by atoms with Crippen LogP contribution in [0.15, 0.2) is 59.0 Å². The molecule has 1 aromatic rings. The lowest BCUT2D eigenvalue weighted by Gasteiger charge is -2.05. The fourth-order valence-corrected chi connectivity index (χ4v) is 2.84. The first-order valence-electron chi connectivity index (χ1n) is 7.16. The predicted octanol–water partition coefficient (Wildman–Crippen LogP) is 5.43. The molecule has 20 heavy (non-hydrogen) atoms. The maximum atomic E-state index is 10.3. The van der Waals surface area contributed by atoms with Gasteiger partial charge in [0.2, 0.25) is 0 Å². The maximum Gasteiger partial charge on any atom is 0.120 e. The monoisotopic (exact) mass is 288 g/mol. The second-order valence-corrected chi connectivity index (χ2v) is 6.12. The van der Waals surface area contributed by atoms with Gasteiger partial charge in [-0.05, 0) is 44.7 Å². The molecule has 1 nitrogen and oxygen atoms in total. The minimum Gasteiger partial charge on any atom is -0.303 e. The molecule has 0 saturated carbocycles. The molecule has 0 spiro atoms. The van der Waals surface area contributed by atoms with E-state index in [4.69, 9.17) is 0 Å². The molecule has 0 aromatic heterocycles. The van der Waals surface area contributed by atoms with Crippen molar-refractivity contribution in [2.24, 2.45) is 0 Å². The highest BCUT2D eigenvalue weighted by molar-refractivity contribution is 7.99. The van der Waals surface area contributed by atoms with E-state index in [1.54, 1.807) is 0 Å². The molecule has 0 heterocycles. The molecule has 0 saturated heterocycles. The maximum absolute atomic E-state index is 10.3. The molecular weight excluding hydrogens is 264 g/mol. The highest BCUT2D eigenvalue weighted by atomic mass is 32.2. The van der Waals surface area contributed by atoms with E-state index in [9.17, 15) is 4.79 Å². The normalized spacial score (nSPS) is 11.3. The Morgan fingerprint density at radius 2 is 1.90 bits per heavy atom. The van der Waals surface area contributed by atoms with Crippen LogP contribution in [0.2, 0.25) is 0 Å². The van der Waals surface area contributed by atoms with Crippen molar-refractivity contribution in [2.75, 3.05) is 5.75 Å². The van der Waals surface area contributed by atoms with Gasteiger partial charge in [0.05, 0.1) is 0 Å². The fourth-order valence-electron chi connectivity index (χ4n) is 1.87. The summed E-state index contributed by atoms with van der Waals surface area (Å²) in [5.74, 6) is 1.09. The number of carbonyl (C=O) groups is 1. The quantitative estimate of drug-likeness (QED) is 0.324. The Bertz CT molecular complexity index is 434. The molecule has 0 aliphatic heterocycles. The van der Waals surface area contributed by atoms with Gasteiger partial charge in [-0.2, -0.15) is 0 Å². The van der Waals surface area contributed by atoms with E-state index in [-0.39, 0.29) is 0 Å². The van der Waals surface area contributed by atoms with Gasteiger partial charge < -0.3 is 4.79 Å². The first-order chi connectivity index (χ1) is 9.72. The van der Waals surface area contributed by atoms with Crippen molar-refractivity contribution in [3.63, 3.8) is 0 Å². The molecule has 2 heteroatoms. The Kier molecular flexibility index (Phi) is 8.81. The number of allylic oxidation sites excluding steroid dienone is 3. The van der Waals surface area contributed by atoms with Crippen molar-refractivity contribution in [2.45, 2.75) is 43.9 Å². The van der Waals surface area contributed by atoms with Gasteiger partial charge in [-0.25, -0.2) is 0 Å². The van der Waals surface area contributed by atoms with E-state index in [0.29, 0.717) is 6.42 Å². The second kappa shape index (κ2) is 10.5. The summed E-state index contributed by atoms with van der Waals surface area (Å²) in [5.41, 5.74) is 2.62. The van der Waals surface area contributed by atoms with Crippen LogP contribution < -0.4 is 0 Å². The molecule has 1 aromatic carbocycles. The van der Waals surface area contributed by atoms with Crippen LogP contribution in [-0.2, 0) is 4.79 Å². The summed E-state index contributed by atoms with van der Waals surface area (Å²) >= 11 is 1.88. The van der Waals surface area contributed by atoms with Crippen LogP contribution in [0.25, 0.3) is 0 Å². The SMILES string of the molecule is C=C(CCC=C(C)CCC=O)CCSc1ccccc1. The molecule has 0 amide bonds. The molecule has 0 aliphatic rings. The van der Waals surface area contributed by atoms with Crippen LogP contribution >= 0.6 is 11.8 Å². The van der Waals surface area contributed by atoms with E-state index >= 15 is 0 Å². The standard InChI is InChI=1S/C18H24OS/c1-16(10-7-14-19)8-6-9-17(2)13-15-20-18-11-4-3-5-12-18/h3-5,8,11-12,14H,2,6-7,9-10,13,15H2,1H3. The van der Waals surface area contributed by atoms with Crippen LogP contribution in [0.5, 0.6) is 0 Å². The van der Waals surface area contributed by atoms with E-state index < -0.39 is 0 Å². The second-order valence-electron chi connectivity index (χ2n) is 4.96. The summed E-state index contributed by atoms with van der Waals surface area (Å²) in [6, 6.07) is 10.5. The van der Waals surface area contributed by atoms with Gasteiger partial charge in [0.15, 0.2) is 0 Å². The van der Waals surface area contributed by atoms with Crippen LogP contribution in [0, 0.1) is 0 Å². The van der Waals surface area contributed by atoms with E-state index in [2.05, 4.69) is 43.8 Å². The number of hydrogen-bond donors (Lipinski definition) is 0. The third-order valence-electron chi connectivity index (χ3n) is 3.11. The average molecular weight is 288 g/mol. The third-order valence-corrected chi connectivity index (χ3v) is 4.13. The zero-order chi connectivity index (χ0) is 14.6. The number of rotatable bonds is 10. The number of benzene rings is 1. The molecule has 0 unspecified atom stereocenters. The first kappa shape index (κ1) is 16.8. The lowest BCUT2D eigenvalue weighted by Crippen LogP contribution is -1.86. The number of aldehydes is 1. The summed E-state index contributed by atoms with van der Waals surface area (Å²) < 4.78 is 0. The fraction of sp³-hybridized carbons (Fsp3) is 0.389. The lowest BCUT2D eigenvalue weighted by molar-refractivity contribution is -0.107. The van der Waals surface area contributed by atoms with Gasteiger partial charge in [0.1, 0.15) is 6.29 Å². The van der Waals surface area contributed by atoms with Crippen molar-refractivity contribution in [3.05, 3.63) is 54.1 Å². The molecule has 0 aliphatic carbocycles. The highest BCUT2D eigenvalue weighted by Crippen LogP contribution is 2.21. The van der Waals surface area contributed by atoms with Gasteiger partial charge in [0.25, 0.3) is 0 Å². The summed E-state index contributed by atoms with van der Waals surface area (Å²) in [4.78, 5) is 11.6. The molecule has 0 bridgehead atoms. The first-order valence-corrected chi connectivity index (χ1v) is 8.14. The van der Waals surface area contributed by atoms with Gasteiger partial charge in [-0.15, -0.1) is 11.8 Å². The third kappa shape index (κ3) is 8.00. The largest absolute Gasteiger partial charge is 0.303 e. The Morgan fingerprint density at radius 3 is 2.60 bits per heavy atom. The molecule has 108 valence electrons. The average Bonchev–Trinajstić information content (AvgIpc) is 2.46. The highest BCUT2D eigenvalue weighted by Gasteiger charge is 1.97. The summed E-state index contributed by atoms with van der Waals surface area (Å²) in [7, 11) is 0. The topological polar surface area (TPSA) is 17.1 Å². The zero-order valence-electron chi connectivity index (χ0n) is 12.3. The van der Waals surface area contributed by atoms with Crippen LogP contribution in [-0.4, -0.2) is 12.0 Å². The predicted molar refractivity (Wildman–Crippen MR) is 89.2 cm³/mol. The van der Waals surface area contributed by atoms with E-state index in [0.717, 1.165) is 37.7 Å². The number of thioether (sulfide) groups is 1. The molecule has 0 N–H and O–H groups in total. The van der Waals surface area contributed by atoms with Crippen LogP contribution in [0.1, 0.15) is 39.0 Å². The summed E-state index contributed by atoms with van der Waals surface area (Å²) in [6.07, 6.45) is 7.90. The van der Waals surface area contributed by atoms with E-state index in [1.165, 1.54) is 16.0 Å². The van der Waals surface area contributed by atoms with Crippen LogP contribution in [0.4, 0.5) is 0 Å². The van der Waals surface area contributed by atoms with Gasteiger partial charge in [-0.3, -0.25) is 0 Å². The summed E-state index contributed by atoms with van der Waals surface area (Å²) in [5, 5.41) is 0.